The fourth-order valence-electron chi connectivity index (χ4n) is 5.33. The van der Waals surface area contributed by atoms with Crippen LogP contribution in [0, 0.1) is 17.2 Å². The molecule has 5 rings (SSSR count). The lowest BCUT2D eigenvalue weighted by atomic mass is 9.89. The van der Waals surface area contributed by atoms with Crippen LogP contribution in [0.3, 0.4) is 0 Å². The SMILES string of the molecule is Cn1cc(C2CCN(C(=O)C3CCCC3)CC2)c2nc(CC(=O)c3cc(C#N)ccn3)ncc21. The number of hydrogen-bond donors (Lipinski definition) is 0. The molecule has 8 nitrogen and oxygen atoms in total. The molecular weight excluding hydrogens is 428 g/mol. The van der Waals surface area contributed by atoms with Crippen LogP contribution in [-0.4, -0.2) is 49.2 Å². The standard InChI is InChI=1S/C26H28N6O2/c1-31-16-20(18-7-10-32(11-8-18)26(34)19-4-2-3-5-19)25-22(31)15-29-24(30-25)13-23(33)21-12-17(14-27)6-9-28-21/h6,9,12,15-16,18-19H,2-5,7-8,10-11,13H2,1H3. The number of carbonyl (C=O) groups excluding carboxylic acids is 2. The summed E-state index contributed by atoms with van der Waals surface area (Å²) in [6.45, 7) is 1.57. The molecule has 1 aliphatic carbocycles. The Morgan fingerprint density at radius 3 is 2.65 bits per heavy atom. The molecule has 174 valence electrons. The van der Waals surface area contributed by atoms with Crippen LogP contribution >= 0.6 is 0 Å². The quantitative estimate of drug-likeness (QED) is 0.544. The molecule has 2 aliphatic rings. The molecule has 4 heterocycles. The zero-order valence-corrected chi connectivity index (χ0v) is 19.4. The van der Waals surface area contributed by atoms with Gasteiger partial charge in [-0.3, -0.25) is 14.6 Å². The summed E-state index contributed by atoms with van der Waals surface area (Å²) >= 11 is 0. The van der Waals surface area contributed by atoms with Crippen molar-refractivity contribution in [1.82, 2.24) is 24.4 Å². The summed E-state index contributed by atoms with van der Waals surface area (Å²) in [5.74, 6) is 1.12. The molecule has 34 heavy (non-hydrogen) atoms. The van der Waals surface area contributed by atoms with Gasteiger partial charge in [0.15, 0.2) is 5.78 Å². The summed E-state index contributed by atoms with van der Waals surface area (Å²) in [5.41, 5.74) is 3.61. The fourth-order valence-corrected chi connectivity index (χ4v) is 5.33. The number of Topliss-reactive ketones (excluding diaryl/α,β-unsaturated/α-hetero) is 1. The summed E-state index contributed by atoms with van der Waals surface area (Å²) in [5, 5.41) is 9.07. The number of pyridine rings is 1. The molecule has 8 heteroatoms. The topological polar surface area (TPSA) is 105 Å². The highest BCUT2D eigenvalue weighted by Gasteiger charge is 2.31. The lowest BCUT2D eigenvalue weighted by Gasteiger charge is -2.33. The minimum Gasteiger partial charge on any atom is -0.348 e. The van der Waals surface area contributed by atoms with Gasteiger partial charge in [-0.1, -0.05) is 12.8 Å². The number of ketones is 1. The second-order valence-corrected chi connectivity index (χ2v) is 9.44. The Morgan fingerprint density at radius 2 is 1.91 bits per heavy atom. The predicted molar refractivity (Wildman–Crippen MR) is 126 cm³/mol. The Balaban J connectivity index is 1.32. The zero-order valence-electron chi connectivity index (χ0n) is 19.4. The van der Waals surface area contributed by atoms with Crippen molar-refractivity contribution in [3.05, 3.63) is 53.4 Å². The lowest BCUT2D eigenvalue weighted by molar-refractivity contribution is -0.136. The molecule has 0 radical (unpaired) electrons. The van der Waals surface area contributed by atoms with Gasteiger partial charge in [-0.2, -0.15) is 5.26 Å². The van der Waals surface area contributed by atoms with Gasteiger partial charge in [-0.15, -0.1) is 0 Å². The minimum absolute atomic E-state index is 0.0283. The number of hydrogen-bond acceptors (Lipinski definition) is 6. The highest BCUT2D eigenvalue weighted by molar-refractivity contribution is 5.95. The molecule has 3 aromatic heterocycles. The average Bonchev–Trinajstić information content (AvgIpc) is 3.52. The van der Waals surface area contributed by atoms with Gasteiger partial charge in [0.05, 0.1) is 35.3 Å². The van der Waals surface area contributed by atoms with E-state index in [9.17, 15) is 9.59 Å². The van der Waals surface area contributed by atoms with Crippen molar-refractivity contribution in [2.24, 2.45) is 13.0 Å². The van der Waals surface area contributed by atoms with E-state index in [1.807, 2.05) is 17.7 Å². The average molecular weight is 457 g/mol. The number of piperidine rings is 1. The van der Waals surface area contributed by atoms with E-state index >= 15 is 0 Å². The highest BCUT2D eigenvalue weighted by atomic mass is 16.2. The van der Waals surface area contributed by atoms with E-state index in [-0.39, 0.29) is 23.8 Å². The molecule has 1 amide bonds. The smallest absolute Gasteiger partial charge is 0.225 e. The normalized spacial score (nSPS) is 17.2. The first-order valence-electron chi connectivity index (χ1n) is 12.0. The highest BCUT2D eigenvalue weighted by Crippen LogP contribution is 2.35. The Bertz CT molecular complexity index is 1280. The van der Waals surface area contributed by atoms with Crippen LogP contribution in [0.15, 0.2) is 30.7 Å². The zero-order chi connectivity index (χ0) is 23.7. The van der Waals surface area contributed by atoms with Crippen molar-refractivity contribution in [3.8, 4) is 6.07 Å². The van der Waals surface area contributed by atoms with E-state index in [2.05, 4.69) is 21.1 Å². The molecule has 0 atom stereocenters. The third kappa shape index (κ3) is 4.30. The molecule has 1 aliphatic heterocycles. The van der Waals surface area contributed by atoms with Crippen LogP contribution in [-0.2, 0) is 18.3 Å². The second-order valence-electron chi connectivity index (χ2n) is 9.44. The molecule has 0 N–H and O–H groups in total. The van der Waals surface area contributed by atoms with Gasteiger partial charge < -0.3 is 9.47 Å². The Labute approximate surface area is 198 Å². The van der Waals surface area contributed by atoms with E-state index in [4.69, 9.17) is 10.2 Å². The molecule has 1 saturated heterocycles. The first-order chi connectivity index (χ1) is 16.5. The molecular formula is C26H28N6O2. The maximum absolute atomic E-state index is 12.8. The van der Waals surface area contributed by atoms with Crippen molar-refractivity contribution >= 4 is 22.7 Å². The van der Waals surface area contributed by atoms with Gasteiger partial charge in [0.2, 0.25) is 5.91 Å². The van der Waals surface area contributed by atoms with Crippen molar-refractivity contribution in [2.45, 2.75) is 50.9 Å². The van der Waals surface area contributed by atoms with Crippen molar-refractivity contribution in [2.75, 3.05) is 13.1 Å². The third-order valence-corrected chi connectivity index (χ3v) is 7.25. The first-order valence-corrected chi connectivity index (χ1v) is 12.0. The molecule has 0 unspecified atom stereocenters. The van der Waals surface area contributed by atoms with Gasteiger partial charge >= 0.3 is 0 Å². The Hall–Kier alpha value is -3.60. The van der Waals surface area contributed by atoms with Crippen LogP contribution in [0.5, 0.6) is 0 Å². The van der Waals surface area contributed by atoms with E-state index in [0.717, 1.165) is 55.4 Å². The number of aromatic nitrogens is 4. The van der Waals surface area contributed by atoms with Crippen LogP contribution in [0.4, 0.5) is 0 Å². The maximum Gasteiger partial charge on any atom is 0.225 e. The molecule has 3 aromatic rings. The van der Waals surface area contributed by atoms with Crippen molar-refractivity contribution in [3.63, 3.8) is 0 Å². The van der Waals surface area contributed by atoms with E-state index < -0.39 is 0 Å². The summed E-state index contributed by atoms with van der Waals surface area (Å²) in [4.78, 5) is 40.9. The fraction of sp³-hybridized carbons (Fsp3) is 0.462. The monoisotopic (exact) mass is 456 g/mol. The number of amides is 1. The van der Waals surface area contributed by atoms with E-state index in [1.54, 1.807) is 12.3 Å². The molecule has 0 aromatic carbocycles. The predicted octanol–water partition coefficient (Wildman–Crippen LogP) is 3.56. The number of fused-ring (bicyclic) bond motifs is 1. The van der Waals surface area contributed by atoms with Gasteiger partial charge in [0.25, 0.3) is 0 Å². The summed E-state index contributed by atoms with van der Waals surface area (Å²) < 4.78 is 2.03. The van der Waals surface area contributed by atoms with E-state index in [0.29, 0.717) is 23.2 Å². The minimum atomic E-state index is -0.215. The molecule has 0 bridgehead atoms. The third-order valence-electron chi connectivity index (χ3n) is 7.25. The van der Waals surface area contributed by atoms with Gasteiger partial charge in [0, 0.05) is 38.4 Å². The van der Waals surface area contributed by atoms with Crippen LogP contribution in [0.2, 0.25) is 0 Å². The number of nitriles is 1. The van der Waals surface area contributed by atoms with Crippen LogP contribution in [0.25, 0.3) is 11.0 Å². The number of aryl methyl sites for hydroxylation is 1. The summed E-state index contributed by atoms with van der Waals surface area (Å²) in [6, 6.07) is 5.10. The summed E-state index contributed by atoms with van der Waals surface area (Å²) in [7, 11) is 1.98. The Morgan fingerprint density at radius 1 is 1.15 bits per heavy atom. The molecule has 0 spiro atoms. The van der Waals surface area contributed by atoms with Gasteiger partial charge in [-0.05, 0) is 49.3 Å². The van der Waals surface area contributed by atoms with Gasteiger partial charge in [0.1, 0.15) is 11.5 Å². The second kappa shape index (κ2) is 9.34. The first kappa shape index (κ1) is 22.2. The number of likely N-dealkylation sites (tertiary alicyclic amines) is 1. The lowest BCUT2D eigenvalue weighted by Crippen LogP contribution is -2.40. The van der Waals surface area contributed by atoms with Crippen LogP contribution < -0.4 is 0 Å². The largest absolute Gasteiger partial charge is 0.348 e. The summed E-state index contributed by atoms with van der Waals surface area (Å²) in [6.07, 6.45) is 11.6. The van der Waals surface area contributed by atoms with Gasteiger partial charge in [-0.25, -0.2) is 9.97 Å². The van der Waals surface area contributed by atoms with Crippen molar-refractivity contribution in [1.29, 1.82) is 5.26 Å². The van der Waals surface area contributed by atoms with Crippen molar-refractivity contribution < 1.29 is 9.59 Å². The maximum atomic E-state index is 12.8. The molecule has 1 saturated carbocycles. The number of rotatable bonds is 5. The number of carbonyl (C=O) groups is 2. The molecule has 2 fully saturated rings. The Kier molecular flexibility index (Phi) is 6.10. The van der Waals surface area contributed by atoms with Crippen LogP contribution in [0.1, 0.15) is 71.9 Å². The number of nitrogens with zero attached hydrogens (tertiary/aromatic N) is 6. The van der Waals surface area contributed by atoms with E-state index in [1.165, 1.54) is 25.1 Å².